The predicted molar refractivity (Wildman–Crippen MR) is 84.3 cm³/mol. The molecule has 0 aliphatic rings. The number of hydrogen-bond donors (Lipinski definition) is 2. The number of nitrogens with one attached hydrogen (secondary N) is 2. The molecular formula is C16H19FN4O. The molecule has 0 radical (unpaired) electrons. The fraction of sp³-hybridized carbons (Fsp3) is 0.312. The Morgan fingerprint density at radius 1 is 1.23 bits per heavy atom. The number of carbonyl (C=O) groups excluding carboxylic acids is 1. The Kier molecular flexibility index (Phi) is 5.41. The third-order valence-corrected chi connectivity index (χ3v) is 3.04. The van der Waals surface area contributed by atoms with Gasteiger partial charge >= 0.3 is 0 Å². The first kappa shape index (κ1) is 15.9. The average Bonchev–Trinajstić information content (AvgIpc) is 2.50. The maximum atomic E-state index is 13.5. The van der Waals surface area contributed by atoms with Gasteiger partial charge in [0.05, 0.1) is 11.3 Å². The first-order chi connectivity index (χ1) is 10.6. The summed E-state index contributed by atoms with van der Waals surface area (Å²) in [5, 5.41) is 5.58. The molecule has 1 amide bonds. The minimum atomic E-state index is -0.483. The molecule has 2 aromatic rings. The van der Waals surface area contributed by atoms with Crippen molar-refractivity contribution in [3.63, 3.8) is 0 Å². The second-order valence-electron chi connectivity index (χ2n) is 5.34. The van der Waals surface area contributed by atoms with E-state index in [-0.39, 0.29) is 11.3 Å². The Hall–Kier alpha value is -2.50. The van der Waals surface area contributed by atoms with Crippen LogP contribution in [0.25, 0.3) is 0 Å². The Morgan fingerprint density at radius 2 is 1.91 bits per heavy atom. The van der Waals surface area contributed by atoms with Gasteiger partial charge in [0.2, 0.25) is 5.95 Å². The van der Waals surface area contributed by atoms with Gasteiger partial charge in [0.25, 0.3) is 5.91 Å². The highest BCUT2D eigenvalue weighted by molar-refractivity contribution is 6.03. The van der Waals surface area contributed by atoms with E-state index in [2.05, 4.69) is 34.4 Å². The number of rotatable bonds is 6. The van der Waals surface area contributed by atoms with E-state index >= 15 is 0 Å². The van der Waals surface area contributed by atoms with Crippen molar-refractivity contribution >= 4 is 17.5 Å². The van der Waals surface area contributed by atoms with Gasteiger partial charge in [0, 0.05) is 18.9 Å². The zero-order valence-electron chi connectivity index (χ0n) is 12.6. The molecule has 2 rings (SSSR count). The molecule has 0 spiro atoms. The third kappa shape index (κ3) is 4.51. The normalized spacial score (nSPS) is 10.5. The van der Waals surface area contributed by atoms with Gasteiger partial charge in [0.1, 0.15) is 5.82 Å². The van der Waals surface area contributed by atoms with Crippen LogP contribution in [0.3, 0.4) is 0 Å². The van der Waals surface area contributed by atoms with Crippen LogP contribution in [0, 0.1) is 11.7 Å². The van der Waals surface area contributed by atoms with Gasteiger partial charge in [-0.25, -0.2) is 14.4 Å². The lowest BCUT2D eigenvalue weighted by Crippen LogP contribution is -2.14. The zero-order chi connectivity index (χ0) is 15.9. The molecule has 1 heterocycles. The van der Waals surface area contributed by atoms with Crippen LogP contribution in [0.5, 0.6) is 0 Å². The summed E-state index contributed by atoms with van der Waals surface area (Å²) < 4.78 is 13.5. The van der Waals surface area contributed by atoms with Gasteiger partial charge in [-0.15, -0.1) is 0 Å². The maximum absolute atomic E-state index is 13.5. The summed E-state index contributed by atoms with van der Waals surface area (Å²) >= 11 is 0. The van der Waals surface area contributed by atoms with E-state index in [4.69, 9.17) is 0 Å². The summed E-state index contributed by atoms with van der Waals surface area (Å²) in [5.74, 6) is 0.143. The number of amides is 1. The highest BCUT2D eigenvalue weighted by atomic mass is 19.1. The molecule has 0 unspecified atom stereocenters. The van der Waals surface area contributed by atoms with E-state index in [0.717, 1.165) is 13.0 Å². The Balaban J connectivity index is 1.95. The molecule has 2 N–H and O–H groups in total. The summed E-state index contributed by atoms with van der Waals surface area (Å²) in [6, 6.07) is 5.99. The van der Waals surface area contributed by atoms with Crippen molar-refractivity contribution in [2.45, 2.75) is 20.3 Å². The topological polar surface area (TPSA) is 66.9 Å². The second-order valence-corrected chi connectivity index (χ2v) is 5.34. The van der Waals surface area contributed by atoms with Gasteiger partial charge in [-0.1, -0.05) is 26.0 Å². The standard InChI is InChI=1S/C16H19FN4O/c1-11(2)7-8-18-16-19-9-12(10-20-16)15(22)21-14-6-4-3-5-13(14)17/h3-6,9-11H,7-8H2,1-2H3,(H,21,22)(H,18,19,20). The fourth-order valence-electron chi connectivity index (χ4n) is 1.77. The molecule has 22 heavy (non-hydrogen) atoms. The lowest BCUT2D eigenvalue weighted by Gasteiger charge is -2.08. The first-order valence-corrected chi connectivity index (χ1v) is 7.18. The van der Waals surface area contributed by atoms with Gasteiger partial charge in [-0.3, -0.25) is 4.79 Å². The molecule has 0 atom stereocenters. The van der Waals surface area contributed by atoms with E-state index in [9.17, 15) is 9.18 Å². The van der Waals surface area contributed by atoms with Crippen molar-refractivity contribution in [1.29, 1.82) is 0 Å². The van der Waals surface area contributed by atoms with Crippen LogP contribution >= 0.6 is 0 Å². The number of nitrogens with zero attached hydrogens (tertiary/aromatic N) is 2. The molecule has 0 aliphatic carbocycles. The quantitative estimate of drug-likeness (QED) is 0.859. The zero-order valence-corrected chi connectivity index (χ0v) is 12.6. The Morgan fingerprint density at radius 3 is 2.55 bits per heavy atom. The van der Waals surface area contributed by atoms with Crippen molar-refractivity contribution in [2.24, 2.45) is 5.92 Å². The second kappa shape index (κ2) is 7.49. The van der Waals surface area contributed by atoms with Crippen LogP contribution in [0.15, 0.2) is 36.7 Å². The molecule has 0 bridgehead atoms. The summed E-state index contributed by atoms with van der Waals surface area (Å²) in [7, 11) is 0. The van der Waals surface area contributed by atoms with E-state index in [1.807, 2.05) is 0 Å². The minimum Gasteiger partial charge on any atom is -0.354 e. The molecule has 0 fully saturated rings. The van der Waals surface area contributed by atoms with Gasteiger partial charge in [-0.05, 0) is 24.5 Å². The molecular weight excluding hydrogens is 283 g/mol. The summed E-state index contributed by atoms with van der Waals surface area (Å²) in [5.41, 5.74) is 0.407. The number of carbonyl (C=O) groups is 1. The SMILES string of the molecule is CC(C)CCNc1ncc(C(=O)Nc2ccccc2F)cn1. The highest BCUT2D eigenvalue weighted by Gasteiger charge is 2.10. The number of benzene rings is 1. The Bertz CT molecular complexity index is 628. The van der Waals surface area contributed by atoms with E-state index < -0.39 is 11.7 Å². The predicted octanol–water partition coefficient (Wildman–Crippen LogP) is 3.33. The van der Waals surface area contributed by atoms with Gasteiger partial charge in [0.15, 0.2) is 0 Å². The lowest BCUT2D eigenvalue weighted by atomic mass is 10.1. The van der Waals surface area contributed by atoms with Crippen LogP contribution in [0.2, 0.25) is 0 Å². The van der Waals surface area contributed by atoms with Crippen LogP contribution < -0.4 is 10.6 Å². The molecule has 1 aromatic carbocycles. The van der Waals surface area contributed by atoms with E-state index in [0.29, 0.717) is 11.9 Å². The fourth-order valence-corrected chi connectivity index (χ4v) is 1.77. The van der Waals surface area contributed by atoms with Crippen molar-refractivity contribution in [1.82, 2.24) is 9.97 Å². The summed E-state index contributed by atoms with van der Waals surface area (Å²) in [4.78, 5) is 20.2. The number of hydrogen-bond acceptors (Lipinski definition) is 4. The third-order valence-electron chi connectivity index (χ3n) is 3.04. The first-order valence-electron chi connectivity index (χ1n) is 7.18. The van der Waals surface area contributed by atoms with E-state index in [1.54, 1.807) is 12.1 Å². The van der Waals surface area contributed by atoms with Crippen LogP contribution in [-0.4, -0.2) is 22.4 Å². The van der Waals surface area contributed by atoms with Crippen LogP contribution in [-0.2, 0) is 0 Å². The molecule has 116 valence electrons. The van der Waals surface area contributed by atoms with Gasteiger partial charge in [-0.2, -0.15) is 0 Å². The average molecular weight is 302 g/mol. The lowest BCUT2D eigenvalue weighted by molar-refractivity contribution is 0.102. The van der Waals surface area contributed by atoms with Crippen LogP contribution in [0.4, 0.5) is 16.0 Å². The minimum absolute atomic E-state index is 0.131. The molecule has 6 heteroatoms. The molecule has 0 aliphatic heterocycles. The number of halogens is 1. The smallest absolute Gasteiger partial charge is 0.258 e. The van der Waals surface area contributed by atoms with Crippen molar-refractivity contribution < 1.29 is 9.18 Å². The molecule has 0 saturated heterocycles. The van der Waals surface area contributed by atoms with Crippen molar-refractivity contribution in [2.75, 3.05) is 17.2 Å². The molecule has 0 saturated carbocycles. The monoisotopic (exact) mass is 302 g/mol. The van der Waals surface area contributed by atoms with Crippen molar-refractivity contribution in [3.8, 4) is 0 Å². The molecule has 5 nitrogen and oxygen atoms in total. The Labute approximate surface area is 129 Å². The summed E-state index contributed by atoms with van der Waals surface area (Å²) in [6.07, 6.45) is 3.85. The largest absolute Gasteiger partial charge is 0.354 e. The van der Waals surface area contributed by atoms with Crippen molar-refractivity contribution in [3.05, 3.63) is 48.0 Å². The number of para-hydroxylation sites is 1. The molecule has 1 aromatic heterocycles. The summed E-state index contributed by atoms with van der Waals surface area (Å²) in [6.45, 7) is 5.05. The van der Waals surface area contributed by atoms with E-state index in [1.165, 1.54) is 24.5 Å². The van der Waals surface area contributed by atoms with Crippen LogP contribution in [0.1, 0.15) is 30.6 Å². The maximum Gasteiger partial charge on any atom is 0.258 e. The number of anilines is 2. The number of aromatic nitrogens is 2. The highest BCUT2D eigenvalue weighted by Crippen LogP contribution is 2.13. The van der Waals surface area contributed by atoms with Gasteiger partial charge < -0.3 is 10.6 Å².